The van der Waals surface area contributed by atoms with E-state index in [9.17, 15) is 8.42 Å². The maximum atomic E-state index is 12.7. The minimum absolute atomic E-state index is 0.0470. The van der Waals surface area contributed by atoms with Crippen molar-refractivity contribution in [3.63, 3.8) is 0 Å². The van der Waals surface area contributed by atoms with Crippen LogP contribution in [0.5, 0.6) is 5.75 Å². The van der Waals surface area contributed by atoms with E-state index in [0.717, 1.165) is 11.1 Å². The predicted molar refractivity (Wildman–Crippen MR) is 95.3 cm³/mol. The molecule has 2 aromatic heterocycles. The standard InChI is InChI=1S/C16H15ClN4O3S/c1-21-10-12(8-19-21)11-5-14(9-18-7-11)20-25(22,23)16-6-13(17)3-4-15(16)24-2/h3-10,20H,1-2H3. The molecule has 0 saturated carbocycles. The van der Waals surface area contributed by atoms with Gasteiger partial charge in [0.05, 0.1) is 25.2 Å². The van der Waals surface area contributed by atoms with Crippen LogP contribution in [0.4, 0.5) is 5.69 Å². The number of methoxy groups -OCH3 is 1. The first-order valence-electron chi connectivity index (χ1n) is 7.19. The molecule has 25 heavy (non-hydrogen) atoms. The summed E-state index contributed by atoms with van der Waals surface area (Å²) in [6.07, 6.45) is 6.55. The Balaban J connectivity index is 1.95. The zero-order valence-corrected chi connectivity index (χ0v) is 15.0. The summed E-state index contributed by atoms with van der Waals surface area (Å²) in [5.41, 5.74) is 1.89. The van der Waals surface area contributed by atoms with Gasteiger partial charge in [-0.2, -0.15) is 5.10 Å². The third kappa shape index (κ3) is 3.75. The number of halogens is 1. The van der Waals surface area contributed by atoms with E-state index in [2.05, 4.69) is 14.8 Å². The normalized spacial score (nSPS) is 11.3. The Morgan fingerprint density at radius 3 is 2.64 bits per heavy atom. The van der Waals surface area contributed by atoms with Gasteiger partial charge in [-0.1, -0.05) is 11.6 Å². The zero-order chi connectivity index (χ0) is 18.0. The lowest BCUT2D eigenvalue weighted by atomic mass is 10.1. The number of aryl methyl sites for hydroxylation is 1. The van der Waals surface area contributed by atoms with Gasteiger partial charge in [-0.25, -0.2) is 8.42 Å². The molecule has 0 aliphatic rings. The lowest BCUT2D eigenvalue weighted by molar-refractivity contribution is 0.403. The third-order valence-electron chi connectivity index (χ3n) is 3.44. The van der Waals surface area contributed by atoms with Crippen molar-refractivity contribution in [2.75, 3.05) is 11.8 Å². The molecular weight excluding hydrogens is 364 g/mol. The van der Waals surface area contributed by atoms with Crippen molar-refractivity contribution < 1.29 is 13.2 Å². The fraction of sp³-hybridized carbons (Fsp3) is 0.125. The summed E-state index contributed by atoms with van der Waals surface area (Å²) in [5.74, 6) is 0.202. The molecule has 0 fully saturated rings. The molecule has 0 unspecified atom stereocenters. The van der Waals surface area contributed by atoms with E-state index in [1.165, 1.54) is 25.4 Å². The van der Waals surface area contributed by atoms with Gasteiger partial charge in [-0.3, -0.25) is 14.4 Å². The van der Waals surface area contributed by atoms with Crippen molar-refractivity contribution in [3.8, 4) is 16.9 Å². The first-order chi connectivity index (χ1) is 11.9. The van der Waals surface area contributed by atoms with Crippen molar-refractivity contribution >= 4 is 27.3 Å². The number of nitrogens with zero attached hydrogens (tertiary/aromatic N) is 3. The Morgan fingerprint density at radius 1 is 1.16 bits per heavy atom. The number of aromatic nitrogens is 3. The Bertz CT molecular complexity index is 1020. The van der Waals surface area contributed by atoms with Crippen molar-refractivity contribution in [1.82, 2.24) is 14.8 Å². The summed E-state index contributed by atoms with van der Waals surface area (Å²) in [4.78, 5) is 4.04. The van der Waals surface area contributed by atoms with Crippen LogP contribution in [0, 0.1) is 0 Å². The van der Waals surface area contributed by atoms with Gasteiger partial charge in [0.1, 0.15) is 10.6 Å². The molecule has 9 heteroatoms. The number of rotatable bonds is 5. The number of anilines is 1. The SMILES string of the molecule is COc1ccc(Cl)cc1S(=O)(=O)Nc1cncc(-c2cnn(C)c2)c1. The first kappa shape index (κ1) is 17.2. The second-order valence-corrected chi connectivity index (χ2v) is 7.35. The van der Waals surface area contributed by atoms with Crippen LogP contribution in [-0.4, -0.2) is 30.3 Å². The van der Waals surface area contributed by atoms with Crippen LogP contribution in [0.2, 0.25) is 5.02 Å². The highest BCUT2D eigenvalue weighted by molar-refractivity contribution is 7.92. The molecule has 0 saturated heterocycles. The molecule has 0 radical (unpaired) electrons. The van der Waals surface area contributed by atoms with Crippen molar-refractivity contribution in [3.05, 3.63) is 54.1 Å². The maximum absolute atomic E-state index is 12.7. The number of hydrogen-bond acceptors (Lipinski definition) is 5. The monoisotopic (exact) mass is 378 g/mol. The van der Waals surface area contributed by atoms with Gasteiger partial charge < -0.3 is 4.74 Å². The van der Waals surface area contributed by atoms with Crippen molar-refractivity contribution in [2.24, 2.45) is 7.05 Å². The van der Waals surface area contributed by atoms with Gasteiger partial charge >= 0.3 is 0 Å². The van der Waals surface area contributed by atoms with Crippen LogP contribution in [-0.2, 0) is 17.1 Å². The quantitative estimate of drug-likeness (QED) is 0.737. The predicted octanol–water partition coefficient (Wildman–Crippen LogP) is 2.94. The molecule has 3 aromatic rings. The average molecular weight is 379 g/mol. The lowest BCUT2D eigenvalue weighted by Gasteiger charge is -2.12. The smallest absolute Gasteiger partial charge is 0.265 e. The fourth-order valence-corrected chi connectivity index (χ4v) is 3.76. The maximum Gasteiger partial charge on any atom is 0.265 e. The van der Waals surface area contributed by atoms with Crippen LogP contribution in [0.15, 0.2) is 53.9 Å². The van der Waals surface area contributed by atoms with Crippen LogP contribution >= 0.6 is 11.6 Å². The number of hydrogen-bond donors (Lipinski definition) is 1. The minimum Gasteiger partial charge on any atom is -0.495 e. The highest BCUT2D eigenvalue weighted by atomic mass is 35.5. The van der Waals surface area contributed by atoms with Gasteiger partial charge in [0.2, 0.25) is 0 Å². The van der Waals surface area contributed by atoms with E-state index < -0.39 is 10.0 Å². The summed E-state index contributed by atoms with van der Waals surface area (Å²) in [6, 6.07) is 6.07. The second-order valence-electron chi connectivity index (χ2n) is 5.27. The van der Waals surface area contributed by atoms with Gasteiger partial charge in [-0.15, -0.1) is 0 Å². The summed E-state index contributed by atoms with van der Waals surface area (Å²) in [5, 5.41) is 4.39. The molecule has 1 N–H and O–H groups in total. The molecule has 0 atom stereocenters. The number of sulfonamides is 1. The number of ether oxygens (including phenoxy) is 1. The Morgan fingerprint density at radius 2 is 1.96 bits per heavy atom. The third-order valence-corrected chi connectivity index (χ3v) is 5.08. The van der Waals surface area contributed by atoms with Crippen molar-refractivity contribution in [1.29, 1.82) is 0 Å². The molecule has 0 aliphatic carbocycles. The highest BCUT2D eigenvalue weighted by Crippen LogP contribution is 2.29. The molecular formula is C16H15ClN4O3S. The molecule has 2 heterocycles. The Kier molecular flexibility index (Phi) is 4.65. The number of pyridine rings is 1. The zero-order valence-electron chi connectivity index (χ0n) is 13.5. The second kappa shape index (κ2) is 6.73. The van der Waals surface area contributed by atoms with E-state index in [1.807, 2.05) is 6.20 Å². The molecule has 3 rings (SSSR count). The van der Waals surface area contributed by atoms with Crippen LogP contribution in [0.3, 0.4) is 0 Å². The van der Waals surface area contributed by atoms with Gasteiger partial charge in [0.25, 0.3) is 10.0 Å². The fourth-order valence-electron chi connectivity index (χ4n) is 2.29. The van der Waals surface area contributed by atoms with Crippen LogP contribution in [0.25, 0.3) is 11.1 Å². The summed E-state index contributed by atoms with van der Waals surface area (Å²) in [7, 11) is -0.696. The average Bonchev–Trinajstić information content (AvgIpc) is 3.01. The number of benzene rings is 1. The van der Waals surface area contributed by atoms with E-state index in [4.69, 9.17) is 16.3 Å². The summed E-state index contributed by atoms with van der Waals surface area (Å²) < 4.78 is 34.7. The van der Waals surface area contributed by atoms with Gasteiger partial charge in [0, 0.05) is 35.6 Å². The molecule has 130 valence electrons. The molecule has 0 spiro atoms. The lowest BCUT2D eigenvalue weighted by Crippen LogP contribution is -2.14. The van der Waals surface area contributed by atoms with Gasteiger partial charge in [-0.05, 0) is 24.3 Å². The van der Waals surface area contributed by atoms with E-state index in [-0.39, 0.29) is 10.6 Å². The largest absolute Gasteiger partial charge is 0.495 e. The van der Waals surface area contributed by atoms with E-state index in [0.29, 0.717) is 10.7 Å². The highest BCUT2D eigenvalue weighted by Gasteiger charge is 2.20. The first-order valence-corrected chi connectivity index (χ1v) is 9.05. The molecule has 7 nitrogen and oxygen atoms in total. The molecule has 1 aromatic carbocycles. The van der Waals surface area contributed by atoms with Crippen molar-refractivity contribution in [2.45, 2.75) is 4.90 Å². The summed E-state index contributed by atoms with van der Waals surface area (Å²) in [6.45, 7) is 0. The summed E-state index contributed by atoms with van der Waals surface area (Å²) >= 11 is 5.92. The topological polar surface area (TPSA) is 86.1 Å². The Hall–Kier alpha value is -2.58. The molecule has 0 amide bonds. The van der Waals surface area contributed by atoms with Crippen LogP contribution in [0.1, 0.15) is 0 Å². The van der Waals surface area contributed by atoms with E-state index >= 15 is 0 Å². The number of nitrogens with one attached hydrogen (secondary N) is 1. The molecule has 0 bridgehead atoms. The minimum atomic E-state index is -3.89. The van der Waals surface area contributed by atoms with Gasteiger partial charge in [0.15, 0.2) is 0 Å². The Labute approximate surface area is 150 Å². The van der Waals surface area contributed by atoms with Crippen LogP contribution < -0.4 is 9.46 Å². The van der Waals surface area contributed by atoms with E-state index in [1.54, 1.807) is 36.3 Å². The molecule has 0 aliphatic heterocycles.